The maximum Gasteiger partial charge on any atom is 0.236 e. The minimum Gasteiger partial charge on any atom is -0.409 e. The molecule has 0 bridgehead atoms. The summed E-state index contributed by atoms with van der Waals surface area (Å²) in [6, 6.07) is 0. The van der Waals surface area contributed by atoms with E-state index in [4.69, 9.17) is 10.9 Å². The van der Waals surface area contributed by atoms with E-state index in [1.807, 2.05) is 23.6 Å². The number of oxime groups is 1. The van der Waals surface area contributed by atoms with Crippen molar-refractivity contribution in [1.29, 1.82) is 0 Å². The molecule has 1 saturated heterocycles. The van der Waals surface area contributed by atoms with Gasteiger partial charge in [0.25, 0.3) is 0 Å². The van der Waals surface area contributed by atoms with Gasteiger partial charge < -0.3 is 15.8 Å². The first-order valence-corrected chi connectivity index (χ1v) is 6.89. The second kappa shape index (κ2) is 5.62. The molecule has 17 heavy (non-hydrogen) atoms. The molecular weight excluding hydrogens is 238 g/mol. The molecular formula is C11H21N3O2S. The average molecular weight is 259 g/mol. The van der Waals surface area contributed by atoms with E-state index >= 15 is 0 Å². The zero-order chi connectivity index (χ0) is 13.1. The maximum atomic E-state index is 12.4. The highest BCUT2D eigenvalue weighted by molar-refractivity contribution is 7.99. The lowest BCUT2D eigenvalue weighted by Gasteiger charge is -2.37. The number of hydrogen-bond acceptors (Lipinski definition) is 4. The Kier molecular flexibility index (Phi) is 4.68. The molecule has 0 aromatic rings. The number of nitrogens with two attached hydrogens (primary N) is 1. The monoisotopic (exact) mass is 259 g/mol. The largest absolute Gasteiger partial charge is 0.409 e. The standard InChI is InChI=1S/C11H21N3O2S/c1-4-11(3,9(12)13-16)10(15)14-5-6-17-8(2)7-14/h8,16H,4-7H2,1-3H3,(H2,12,13). The third kappa shape index (κ3) is 2.86. The molecule has 0 aromatic carbocycles. The molecule has 1 rings (SSSR count). The summed E-state index contributed by atoms with van der Waals surface area (Å²) in [6.07, 6.45) is 0.528. The van der Waals surface area contributed by atoms with Crippen molar-refractivity contribution in [3.8, 4) is 0 Å². The summed E-state index contributed by atoms with van der Waals surface area (Å²) < 4.78 is 0. The van der Waals surface area contributed by atoms with Crippen LogP contribution >= 0.6 is 11.8 Å². The van der Waals surface area contributed by atoms with E-state index in [9.17, 15) is 4.79 Å². The highest BCUT2D eigenvalue weighted by atomic mass is 32.2. The predicted molar refractivity (Wildman–Crippen MR) is 70.3 cm³/mol. The van der Waals surface area contributed by atoms with Gasteiger partial charge in [0, 0.05) is 24.1 Å². The number of rotatable bonds is 3. The summed E-state index contributed by atoms with van der Waals surface area (Å²) in [5.41, 5.74) is 4.76. The summed E-state index contributed by atoms with van der Waals surface area (Å²) in [4.78, 5) is 14.3. The lowest BCUT2D eigenvalue weighted by Crippen LogP contribution is -2.52. The fraction of sp³-hybridized carbons (Fsp3) is 0.818. The van der Waals surface area contributed by atoms with Crippen molar-refractivity contribution in [2.75, 3.05) is 18.8 Å². The van der Waals surface area contributed by atoms with Crippen LogP contribution in [-0.4, -0.2) is 45.9 Å². The SMILES string of the molecule is CCC(C)(C(=O)N1CCSC(C)C1)C(N)=NO. The minimum atomic E-state index is -0.892. The van der Waals surface area contributed by atoms with Crippen LogP contribution < -0.4 is 5.73 Å². The quantitative estimate of drug-likeness (QED) is 0.344. The van der Waals surface area contributed by atoms with Gasteiger partial charge in [-0.15, -0.1) is 0 Å². The number of amidine groups is 1. The van der Waals surface area contributed by atoms with Crippen LogP contribution in [0.3, 0.4) is 0 Å². The van der Waals surface area contributed by atoms with Crippen LogP contribution in [0.1, 0.15) is 27.2 Å². The first-order valence-electron chi connectivity index (χ1n) is 5.84. The molecule has 0 saturated carbocycles. The Morgan fingerprint density at radius 3 is 2.82 bits per heavy atom. The number of thioether (sulfide) groups is 1. The molecule has 2 unspecified atom stereocenters. The van der Waals surface area contributed by atoms with Crippen molar-refractivity contribution in [1.82, 2.24) is 4.90 Å². The molecule has 0 radical (unpaired) electrons. The number of hydrogen-bond donors (Lipinski definition) is 2. The number of amides is 1. The summed E-state index contributed by atoms with van der Waals surface area (Å²) in [5, 5.41) is 12.2. The van der Waals surface area contributed by atoms with Gasteiger partial charge in [-0.1, -0.05) is 19.0 Å². The number of carbonyl (C=O) groups excluding carboxylic acids is 1. The Labute approximate surface area is 106 Å². The average Bonchev–Trinajstić information content (AvgIpc) is 2.35. The van der Waals surface area contributed by atoms with Crippen LogP contribution in [0.4, 0.5) is 0 Å². The summed E-state index contributed by atoms with van der Waals surface area (Å²) in [7, 11) is 0. The Morgan fingerprint density at radius 1 is 1.71 bits per heavy atom. The third-order valence-electron chi connectivity index (χ3n) is 3.38. The van der Waals surface area contributed by atoms with Crippen LogP contribution in [0.5, 0.6) is 0 Å². The molecule has 0 aromatic heterocycles. The third-order valence-corrected chi connectivity index (χ3v) is 4.52. The van der Waals surface area contributed by atoms with Crippen molar-refractivity contribution in [2.24, 2.45) is 16.3 Å². The zero-order valence-corrected chi connectivity index (χ0v) is 11.5. The van der Waals surface area contributed by atoms with E-state index in [1.165, 1.54) is 0 Å². The topological polar surface area (TPSA) is 78.9 Å². The molecule has 1 amide bonds. The van der Waals surface area contributed by atoms with Crippen LogP contribution in [0.25, 0.3) is 0 Å². The molecule has 1 heterocycles. The Morgan fingerprint density at radius 2 is 2.35 bits per heavy atom. The van der Waals surface area contributed by atoms with Gasteiger partial charge in [-0.25, -0.2) is 0 Å². The van der Waals surface area contributed by atoms with Crippen LogP contribution in [0.15, 0.2) is 5.16 Å². The molecule has 0 aliphatic carbocycles. The first kappa shape index (κ1) is 14.2. The van der Waals surface area contributed by atoms with Gasteiger partial charge in [-0.2, -0.15) is 11.8 Å². The van der Waals surface area contributed by atoms with Crippen molar-refractivity contribution >= 4 is 23.5 Å². The van der Waals surface area contributed by atoms with Crippen LogP contribution in [-0.2, 0) is 4.79 Å². The Balaban J connectivity index is 2.85. The van der Waals surface area contributed by atoms with Crippen molar-refractivity contribution in [3.63, 3.8) is 0 Å². The van der Waals surface area contributed by atoms with Gasteiger partial charge in [0.1, 0.15) is 5.41 Å². The van der Waals surface area contributed by atoms with Gasteiger partial charge in [0.15, 0.2) is 5.84 Å². The molecule has 5 nitrogen and oxygen atoms in total. The molecule has 6 heteroatoms. The lowest BCUT2D eigenvalue weighted by molar-refractivity contribution is -0.137. The normalized spacial score (nSPS) is 25.5. The molecule has 1 aliphatic heterocycles. The van der Waals surface area contributed by atoms with Gasteiger partial charge in [0.05, 0.1) is 0 Å². The minimum absolute atomic E-state index is 0.00382. The van der Waals surface area contributed by atoms with Crippen molar-refractivity contribution in [3.05, 3.63) is 0 Å². The van der Waals surface area contributed by atoms with Gasteiger partial charge in [0.2, 0.25) is 5.91 Å². The van der Waals surface area contributed by atoms with Crippen LogP contribution in [0, 0.1) is 5.41 Å². The van der Waals surface area contributed by atoms with E-state index < -0.39 is 5.41 Å². The summed E-state index contributed by atoms with van der Waals surface area (Å²) in [6.45, 7) is 7.19. The summed E-state index contributed by atoms with van der Waals surface area (Å²) in [5.74, 6) is 0.904. The second-order valence-corrected chi connectivity index (χ2v) is 6.15. The molecule has 1 aliphatic rings. The van der Waals surface area contributed by atoms with Crippen molar-refractivity contribution < 1.29 is 10.0 Å². The smallest absolute Gasteiger partial charge is 0.236 e. The molecule has 0 spiro atoms. The molecule has 3 N–H and O–H groups in total. The molecule has 2 atom stereocenters. The fourth-order valence-electron chi connectivity index (χ4n) is 1.90. The van der Waals surface area contributed by atoms with Gasteiger partial charge in [-0.3, -0.25) is 4.79 Å². The van der Waals surface area contributed by atoms with E-state index in [0.717, 1.165) is 18.8 Å². The summed E-state index contributed by atoms with van der Waals surface area (Å²) >= 11 is 1.87. The fourth-order valence-corrected chi connectivity index (χ4v) is 2.92. The predicted octanol–water partition coefficient (Wildman–Crippen LogP) is 1.11. The van der Waals surface area contributed by atoms with E-state index in [-0.39, 0.29) is 11.7 Å². The van der Waals surface area contributed by atoms with E-state index in [1.54, 1.807) is 6.92 Å². The Hall–Kier alpha value is -0.910. The Bertz CT molecular complexity index is 322. The van der Waals surface area contributed by atoms with Gasteiger partial charge in [-0.05, 0) is 13.3 Å². The number of nitrogens with zero attached hydrogens (tertiary/aromatic N) is 2. The van der Waals surface area contributed by atoms with E-state index in [0.29, 0.717) is 11.7 Å². The van der Waals surface area contributed by atoms with Crippen LogP contribution in [0.2, 0.25) is 0 Å². The van der Waals surface area contributed by atoms with Crippen molar-refractivity contribution in [2.45, 2.75) is 32.4 Å². The van der Waals surface area contributed by atoms with E-state index in [2.05, 4.69) is 12.1 Å². The highest BCUT2D eigenvalue weighted by Gasteiger charge is 2.40. The maximum absolute atomic E-state index is 12.4. The molecule has 1 fully saturated rings. The zero-order valence-electron chi connectivity index (χ0n) is 10.6. The lowest BCUT2D eigenvalue weighted by atomic mass is 9.84. The molecule has 98 valence electrons. The highest BCUT2D eigenvalue weighted by Crippen LogP contribution is 2.27. The number of carbonyl (C=O) groups is 1. The van der Waals surface area contributed by atoms with Gasteiger partial charge >= 0.3 is 0 Å². The first-order chi connectivity index (χ1) is 7.95. The second-order valence-electron chi connectivity index (χ2n) is 4.60.